The smallest absolute Gasteiger partial charge is 0.343 e. The average Bonchev–Trinajstić information content (AvgIpc) is 2.47. The van der Waals surface area contributed by atoms with Crippen molar-refractivity contribution in [2.45, 2.75) is 4.90 Å². The minimum atomic E-state index is -4.40. The molecule has 0 atom stereocenters. The lowest BCUT2D eigenvalue weighted by atomic mass is 10.2. The van der Waals surface area contributed by atoms with Crippen molar-refractivity contribution < 1.29 is 27.2 Å². The van der Waals surface area contributed by atoms with E-state index in [0.29, 0.717) is 5.56 Å². The van der Waals surface area contributed by atoms with Gasteiger partial charge in [-0.05, 0) is 24.3 Å². The molecule has 0 radical (unpaired) electrons. The molecule has 0 heterocycles. The van der Waals surface area contributed by atoms with Crippen LogP contribution in [0.4, 0.5) is 0 Å². The quantitative estimate of drug-likeness (QED) is 0.529. The summed E-state index contributed by atoms with van der Waals surface area (Å²) in [4.78, 5) is 11.6. The van der Waals surface area contributed by atoms with Gasteiger partial charge < -0.3 is 9.47 Å². The maximum absolute atomic E-state index is 12.0. The third-order valence-electron chi connectivity index (χ3n) is 2.65. The molecule has 0 unspecified atom stereocenters. The van der Waals surface area contributed by atoms with E-state index in [0.717, 1.165) is 12.1 Å². The highest BCUT2D eigenvalue weighted by Gasteiger charge is 2.17. The number of benzene rings is 2. The topological polar surface area (TPSA) is 89.9 Å². The van der Waals surface area contributed by atoms with Gasteiger partial charge in [-0.2, -0.15) is 8.42 Å². The van der Waals surface area contributed by atoms with Gasteiger partial charge in [-0.3, -0.25) is 4.55 Å². The molecular formula is C14H12O6S. The fraction of sp³-hybridized carbons (Fsp3) is 0.0714. The highest BCUT2D eigenvalue weighted by atomic mass is 32.2. The van der Waals surface area contributed by atoms with Gasteiger partial charge in [0.1, 0.15) is 0 Å². The van der Waals surface area contributed by atoms with Crippen LogP contribution >= 0.6 is 0 Å². The largest absolute Gasteiger partial charge is 0.493 e. The maximum atomic E-state index is 12.0. The molecule has 0 aliphatic heterocycles. The third-order valence-corrected chi connectivity index (χ3v) is 3.49. The fourth-order valence-corrected chi connectivity index (χ4v) is 2.13. The molecule has 0 aliphatic carbocycles. The Morgan fingerprint density at radius 3 is 2.29 bits per heavy atom. The van der Waals surface area contributed by atoms with Crippen LogP contribution in [-0.2, 0) is 10.1 Å². The summed E-state index contributed by atoms with van der Waals surface area (Å²) >= 11 is 0. The summed E-state index contributed by atoms with van der Waals surface area (Å²) in [5, 5.41) is 0. The lowest BCUT2D eigenvalue weighted by Crippen LogP contribution is -2.10. The summed E-state index contributed by atoms with van der Waals surface area (Å²) in [7, 11) is -3.05. The van der Waals surface area contributed by atoms with Gasteiger partial charge >= 0.3 is 5.97 Å². The van der Waals surface area contributed by atoms with Crippen LogP contribution in [0.5, 0.6) is 11.5 Å². The zero-order valence-corrected chi connectivity index (χ0v) is 11.8. The van der Waals surface area contributed by atoms with E-state index in [1.165, 1.54) is 13.2 Å². The standard InChI is InChI=1S/C14H12O6S/c1-19-12-8-7-11(21(16,17)18)9-13(12)20-14(15)10-5-3-2-4-6-10/h2-9H,1H3,(H,16,17,18). The first kappa shape index (κ1) is 15.0. The van der Waals surface area contributed by atoms with Gasteiger partial charge in [0.15, 0.2) is 11.5 Å². The first-order valence-corrected chi connectivity index (χ1v) is 7.28. The Labute approximate surface area is 121 Å². The zero-order chi connectivity index (χ0) is 15.5. The lowest BCUT2D eigenvalue weighted by Gasteiger charge is -2.10. The minimum absolute atomic E-state index is 0.0959. The molecule has 0 aliphatic rings. The van der Waals surface area contributed by atoms with E-state index in [1.807, 2.05) is 0 Å². The lowest BCUT2D eigenvalue weighted by molar-refractivity contribution is 0.0729. The molecule has 0 fully saturated rings. The summed E-state index contributed by atoms with van der Waals surface area (Å²) in [6.45, 7) is 0. The van der Waals surface area contributed by atoms with Gasteiger partial charge in [0.05, 0.1) is 17.6 Å². The first-order valence-electron chi connectivity index (χ1n) is 5.84. The van der Waals surface area contributed by atoms with Crippen LogP contribution in [-0.4, -0.2) is 26.0 Å². The van der Waals surface area contributed by atoms with Crippen LogP contribution in [0.1, 0.15) is 10.4 Å². The van der Waals surface area contributed by atoms with Gasteiger partial charge in [0, 0.05) is 6.07 Å². The highest BCUT2D eigenvalue weighted by Crippen LogP contribution is 2.30. The Kier molecular flexibility index (Phi) is 4.25. The molecular weight excluding hydrogens is 296 g/mol. The molecule has 2 rings (SSSR count). The summed E-state index contributed by atoms with van der Waals surface area (Å²) in [6.07, 6.45) is 0. The minimum Gasteiger partial charge on any atom is -0.493 e. The van der Waals surface area contributed by atoms with E-state index in [-0.39, 0.29) is 16.4 Å². The van der Waals surface area contributed by atoms with Crippen molar-refractivity contribution in [1.29, 1.82) is 0 Å². The Morgan fingerprint density at radius 2 is 1.71 bits per heavy atom. The second-order valence-corrected chi connectivity index (χ2v) is 5.46. The van der Waals surface area contributed by atoms with E-state index in [1.54, 1.807) is 30.3 Å². The summed E-state index contributed by atoms with van der Waals surface area (Å²) in [5.74, 6) is -0.588. The molecule has 2 aromatic carbocycles. The Hall–Kier alpha value is -2.38. The van der Waals surface area contributed by atoms with Crippen molar-refractivity contribution in [1.82, 2.24) is 0 Å². The number of carbonyl (C=O) groups is 1. The third kappa shape index (κ3) is 3.59. The van der Waals surface area contributed by atoms with Gasteiger partial charge in [0.2, 0.25) is 0 Å². The van der Waals surface area contributed by atoms with Crippen molar-refractivity contribution in [3.8, 4) is 11.5 Å². The van der Waals surface area contributed by atoms with Crippen LogP contribution in [0.25, 0.3) is 0 Å². The van der Waals surface area contributed by atoms with Crippen molar-refractivity contribution >= 4 is 16.1 Å². The monoisotopic (exact) mass is 308 g/mol. The number of carbonyl (C=O) groups excluding carboxylic acids is 1. The first-order chi connectivity index (χ1) is 9.91. The Morgan fingerprint density at radius 1 is 1.05 bits per heavy atom. The van der Waals surface area contributed by atoms with Crippen molar-refractivity contribution in [3.05, 3.63) is 54.1 Å². The number of rotatable bonds is 4. The highest BCUT2D eigenvalue weighted by molar-refractivity contribution is 7.85. The van der Waals surface area contributed by atoms with E-state index < -0.39 is 16.1 Å². The van der Waals surface area contributed by atoms with Gasteiger partial charge in [-0.1, -0.05) is 18.2 Å². The van der Waals surface area contributed by atoms with Gasteiger partial charge in [-0.15, -0.1) is 0 Å². The molecule has 2 aromatic rings. The van der Waals surface area contributed by atoms with E-state index in [9.17, 15) is 13.2 Å². The molecule has 0 saturated carbocycles. The number of esters is 1. The zero-order valence-electron chi connectivity index (χ0n) is 11.0. The molecule has 21 heavy (non-hydrogen) atoms. The maximum Gasteiger partial charge on any atom is 0.343 e. The van der Waals surface area contributed by atoms with Crippen molar-refractivity contribution in [2.24, 2.45) is 0 Å². The van der Waals surface area contributed by atoms with Crippen LogP contribution in [0.15, 0.2) is 53.4 Å². The van der Waals surface area contributed by atoms with Crippen LogP contribution < -0.4 is 9.47 Å². The van der Waals surface area contributed by atoms with E-state index in [4.69, 9.17) is 14.0 Å². The normalized spacial score (nSPS) is 11.0. The van der Waals surface area contributed by atoms with E-state index in [2.05, 4.69) is 0 Å². The van der Waals surface area contributed by atoms with Crippen LogP contribution in [0.3, 0.4) is 0 Å². The number of methoxy groups -OCH3 is 1. The SMILES string of the molecule is COc1ccc(S(=O)(=O)O)cc1OC(=O)c1ccccc1. The molecule has 0 aromatic heterocycles. The Bertz CT molecular complexity index is 752. The summed E-state index contributed by atoms with van der Waals surface area (Å²) in [6, 6.07) is 11.7. The molecule has 6 nitrogen and oxygen atoms in total. The molecule has 1 N–H and O–H groups in total. The number of hydrogen-bond donors (Lipinski definition) is 1. The average molecular weight is 308 g/mol. The number of hydrogen-bond acceptors (Lipinski definition) is 5. The molecule has 7 heteroatoms. The van der Waals surface area contributed by atoms with E-state index >= 15 is 0 Å². The fourth-order valence-electron chi connectivity index (χ4n) is 1.63. The van der Waals surface area contributed by atoms with Crippen LogP contribution in [0.2, 0.25) is 0 Å². The van der Waals surface area contributed by atoms with Gasteiger partial charge in [0.25, 0.3) is 10.1 Å². The van der Waals surface area contributed by atoms with Crippen LogP contribution in [0, 0.1) is 0 Å². The second-order valence-electron chi connectivity index (χ2n) is 4.04. The van der Waals surface area contributed by atoms with Crippen molar-refractivity contribution in [3.63, 3.8) is 0 Å². The Balaban J connectivity index is 2.36. The molecule has 0 amide bonds. The summed E-state index contributed by atoms with van der Waals surface area (Å²) in [5.41, 5.74) is 0.303. The molecule has 0 spiro atoms. The second kappa shape index (κ2) is 5.94. The van der Waals surface area contributed by atoms with Gasteiger partial charge in [-0.25, -0.2) is 4.79 Å². The predicted molar refractivity (Wildman–Crippen MR) is 74.2 cm³/mol. The number of ether oxygens (including phenoxy) is 2. The predicted octanol–water partition coefficient (Wildman–Crippen LogP) is 2.16. The summed E-state index contributed by atoms with van der Waals surface area (Å²) < 4.78 is 41.4. The van der Waals surface area contributed by atoms with Crippen molar-refractivity contribution in [2.75, 3.05) is 7.11 Å². The molecule has 0 saturated heterocycles. The molecule has 0 bridgehead atoms. The molecule has 110 valence electrons.